The molecule has 1 aliphatic rings. The number of carbonyl (C=O) groups excluding carboxylic acids is 2. The lowest BCUT2D eigenvalue weighted by atomic mass is 10.1. The molecule has 0 unspecified atom stereocenters. The van der Waals surface area contributed by atoms with Crippen LogP contribution in [0.1, 0.15) is 28.4 Å². The van der Waals surface area contributed by atoms with E-state index >= 15 is 0 Å². The van der Waals surface area contributed by atoms with E-state index in [4.69, 9.17) is 49.6 Å². The van der Waals surface area contributed by atoms with Crippen molar-refractivity contribution in [3.05, 3.63) is 92.3 Å². The molecule has 2 amide bonds. The van der Waals surface area contributed by atoms with Crippen LogP contribution in [0.4, 0.5) is 0 Å². The number of benzene rings is 3. The Morgan fingerprint density at radius 3 is 2.50 bits per heavy atom. The Kier molecular flexibility index (Phi) is 9.17. The van der Waals surface area contributed by atoms with Gasteiger partial charge in [-0.1, -0.05) is 47.1 Å². The third kappa shape index (κ3) is 6.60. The molecule has 3 aromatic carbocycles. The van der Waals surface area contributed by atoms with Crippen LogP contribution in [-0.2, 0) is 11.4 Å². The minimum Gasteiger partial charge on any atom is -0.497 e. The monoisotopic (exact) mass is 588 g/mol. The first kappa shape index (κ1) is 27.8. The quantitative estimate of drug-likeness (QED) is 0.225. The van der Waals surface area contributed by atoms with Crippen molar-refractivity contribution < 1.29 is 23.8 Å². The highest BCUT2D eigenvalue weighted by molar-refractivity contribution is 8.26. The third-order valence-electron chi connectivity index (χ3n) is 5.32. The van der Waals surface area contributed by atoms with Crippen LogP contribution in [0.3, 0.4) is 0 Å². The van der Waals surface area contributed by atoms with E-state index in [1.807, 2.05) is 6.92 Å². The second-order valence-electron chi connectivity index (χ2n) is 7.85. The molecule has 1 aliphatic heterocycles. The summed E-state index contributed by atoms with van der Waals surface area (Å²) in [6.07, 6.45) is 1.68. The topological polar surface area (TPSA) is 77.1 Å². The molecular formula is C27H22Cl2N2O5S2. The van der Waals surface area contributed by atoms with Crippen molar-refractivity contribution in [3.8, 4) is 17.2 Å². The van der Waals surface area contributed by atoms with Crippen LogP contribution < -0.4 is 19.6 Å². The van der Waals surface area contributed by atoms with E-state index in [1.54, 1.807) is 66.7 Å². The first-order valence-corrected chi connectivity index (χ1v) is 13.3. The number of rotatable bonds is 9. The maximum Gasteiger partial charge on any atom is 0.285 e. The SMILES string of the molecule is CCOc1cc(/C=C2/SC(=S)N(NC(=O)c3ccc(OC)cc3)C2=O)ccc1OCc1ccc(Cl)cc1Cl. The predicted octanol–water partition coefficient (Wildman–Crippen LogP) is 6.53. The van der Waals surface area contributed by atoms with Gasteiger partial charge in [0.2, 0.25) is 0 Å². The number of thioether (sulfide) groups is 1. The van der Waals surface area contributed by atoms with Gasteiger partial charge >= 0.3 is 0 Å². The smallest absolute Gasteiger partial charge is 0.285 e. The number of hydrogen-bond acceptors (Lipinski definition) is 7. The van der Waals surface area contributed by atoms with Crippen molar-refractivity contribution in [2.45, 2.75) is 13.5 Å². The van der Waals surface area contributed by atoms with Crippen molar-refractivity contribution in [3.63, 3.8) is 0 Å². The number of nitrogens with zero attached hydrogens (tertiary/aromatic N) is 1. The molecule has 38 heavy (non-hydrogen) atoms. The zero-order valence-electron chi connectivity index (χ0n) is 20.3. The van der Waals surface area contributed by atoms with Crippen molar-refractivity contribution in [1.29, 1.82) is 0 Å². The van der Waals surface area contributed by atoms with Crippen LogP contribution in [0.15, 0.2) is 65.6 Å². The summed E-state index contributed by atoms with van der Waals surface area (Å²) < 4.78 is 17.0. The molecule has 7 nitrogen and oxygen atoms in total. The van der Waals surface area contributed by atoms with Crippen LogP contribution >= 0.6 is 47.2 Å². The van der Waals surface area contributed by atoms with Crippen molar-refractivity contribution in [2.75, 3.05) is 13.7 Å². The van der Waals surface area contributed by atoms with Crippen LogP contribution in [0.5, 0.6) is 17.2 Å². The van der Waals surface area contributed by atoms with Gasteiger partial charge in [-0.25, -0.2) is 0 Å². The maximum absolute atomic E-state index is 13.0. The number of halogens is 2. The van der Waals surface area contributed by atoms with E-state index in [9.17, 15) is 9.59 Å². The fourth-order valence-electron chi connectivity index (χ4n) is 3.42. The fraction of sp³-hybridized carbons (Fsp3) is 0.148. The van der Waals surface area contributed by atoms with Crippen LogP contribution in [0.25, 0.3) is 6.08 Å². The van der Waals surface area contributed by atoms with Gasteiger partial charge in [0.15, 0.2) is 15.8 Å². The molecule has 0 bridgehead atoms. The second kappa shape index (κ2) is 12.5. The van der Waals surface area contributed by atoms with E-state index in [1.165, 1.54) is 7.11 Å². The minimum atomic E-state index is -0.467. The lowest BCUT2D eigenvalue weighted by molar-refractivity contribution is -0.123. The van der Waals surface area contributed by atoms with Crippen molar-refractivity contribution >= 4 is 69.4 Å². The molecule has 1 saturated heterocycles. The number of methoxy groups -OCH3 is 1. The van der Waals surface area contributed by atoms with Crippen molar-refractivity contribution in [1.82, 2.24) is 10.4 Å². The van der Waals surface area contributed by atoms with Gasteiger partial charge in [0.1, 0.15) is 12.4 Å². The Morgan fingerprint density at radius 1 is 1.05 bits per heavy atom. The van der Waals surface area contributed by atoms with Crippen LogP contribution in [0.2, 0.25) is 10.0 Å². The summed E-state index contributed by atoms with van der Waals surface area (Å²) in [7, 11) is 1.54. The highest BCUT2D eigenvalue weighted by Crippen LogP contribution is 2.35. The average molecular weight is 590 g/mol. The van der Waals surface area contributed by atoms with Crippen LogP contribution in [0, 0.1) is 0 Å². The van der Waals surface area contributed by atoms with E-state index < -0.39 is 11.8 Å². The number of ether oxygens (including phenoxy) is 3. The van der Waals surface area contributed by atoms with Gasteiger partial charge in [0.05, 0.1) is 18.6 Å². The van der Waals surface area contributed by atoms with Gasteiger partial charge in [-0.05, 0) is 79.3 Å². The molecule has 11 heteroatoms. The highest BCUT2D eigenvalue weighted by Gasteiger charge is 2.34. The number of thiocarbonyl (C=S) groups is 1. The first-order valence-electron chi connectivity index (χ1n) is 11.4. The normalized spacial score (nSPS) is 14.1. The Morgan fingerprint density at radius 2 is 1.82 bits per heavy atom. The summed E-state index contributed by atoms with van der Waals surface area (Å²) in [5, 5.41) is 2.12. The zero-order valence-corrected chi connectivity index (χ0v) is 23.5. The molecule has 196 valence electrons. The standard InChI is InChI=1S/C27H22Cl2N2O5S2/c1-3-35-23-12-16(4-11-22(23)36-15-18-5-8-19(28)14-21(18)29)13-24-26(33)31(27(37)38-24)30-25(32)17-6-9-20(34-2)10-7-17/h4-14H,3,15H2,1-2H3,(H,30,32)/b24-13+. The second-order valence-corrected chi connectivity index (χ2v) is 10.4. The van der Waals surface area contributed by atoms with Gasteiger partial charge in [0.25, 0.3) is 11.8 Å². The number of carbonyl (C=O) groups is 2. The highest BCUT2D eigenvalue weighted by atomic mass is 35.5. The van der Waals surface area contributed by atoms with Gasteiger partial charge in [-0.3, -0.25) is 15.0 Å². The zero-order chi connectivity index (χ0) is 27.2. The average Bonchev–Trinajstić information content (AvgIpc) is 3.16. The molecule has 0 radical (unpaired) electrons. The number of hydrogen-bond donors (Lipinski definition) is 1. The molecule has 1 N–H and O–H groups in total. The summed E-state index contributed by atoms with van der Waals surface area (Å²) in [5.74, 6) is 0.749. The summed E-state index contributed by atoms with van der Waals surface area (Å²) in [6, 6.07) is 17.0. The first-order chi connectivity index (χ1) is 18.3. The Bertz CT molecular complexity index is 1410. The van der Waals surface area contributed by atoms with E-state index in [0.717, 1.165) is 22.3 Å². The van der Waals surface area contributed by atoms with Gasteiger partial charge in [-0.2, -0.15) is 5.01 Å². The molecule has 0 atom stereocenters. The molecule has 0 aromatic heterocycles. The number of nitrogens with one attached hydrogen (secondary N) is 1. The molecule has 3 aromatic rings. The third-order valence-corrected chi connectivity index (χ3v) is 7.21. The molecule has 0 saturated carbocycles. The maximum atomic E-state index is 13.0. The fourth-order valence-corrected chi connectivity index (χ4v) is 5.06. The van der Waals surface area contributed by atoms with Crippen molar-refractivity contribution in [2.24, 2.45) is 0 Å². The predicted molar refractivity (Wildman–Crippen MR) is 154 cm³/mol. The largest absolute Gasteiger partial charge is 0.497 e. The van der Waals surface area contributed by atoms with E-state index in [0.29, 0.717) is 49.9 Å². The molecule has 4 rings (SSSR count). The molecule has 0 spiro atoms. The summed E-state index contributed by atoms with van der Waals surface area (Å²) >= 11 is 18.6. The van der Waals surface area contributed by atoms with Gasteiger partial charge < -0.3 is 14.2 Å². The Hall–Kier alpha value is -3.24. The van der Waals surface area contributed by atoms with Gasteiger partial charge in [0, 0.05) is 21.2 Å². The number of hydrazine groups is 1. The molecule has 1 heterocycles. The van der Waals surface area contributed by atoms with E-state index in [-0.39, 0.29) is 10.9 Å². The lowest BCUT2D eigenvalue weighted by Crippen LogP contribution is -2.44. The molecule has 1 fully saturated rings. The summed E-state index contributed by atoms with van der Waals surface area (Å²) in [5.41, 5.74) is 4.41. The van der Waals surface area contributed by atoms with E-state index in [2.05, 4.69) is 5.43 Å². The minimum absolute atomic E-state index is 0.216. The molecular weight excluding hydrogens is 567 g/mol. The summed E-state index contributed by atoms with van der Waals surface area (Å²) in [4.78, 5) is 26.0. The molecule has 0 aliphatic carbocycles. The Balaban J connectivity index is 1.48. The Labute approximate surface area is 239 Å². The summed E-state index contributed by atoms with van der Waals surface area (Å²) in [6.45, 7) is 2.51. The lowest BCUT2D eigenvalue weighted by Gasteiger charge is -2.15. The van der Waals surface area contributed by atoms with Crippen LogP contribution in [-0.4, -0.2) is 34.9 Å². The van der Waals surface area contributed by atoms with Gasteiger partial charge in [-0.15, -0.1) is 0 Å². The number of amides is 2.